The van der Waals surface area contributed by atoms with Gasteiger partial charge in [-0.2, -0.15) is 0 Å². The Bertz CT molecular complexity index is 1040. The lowest BCUT2D eigenvalue weighted by molar-refractivity contribution is 0.0686. The molecular weight excluding hydrogens is 402 g/mol. The SMILES string of the molecule is O=S(=O)(NCCSc1nnc([C@H]2COc3ccccc3O2)o1)c1ccccc1. The number of nitrogens with one attached hydrogen (secondary N) is 1. The number of sulfonamides is 1. The molecule has 2 heterocycles. The van der Waals surface area contributed by atoms with Crippen LogP contribution in [0.3, 0.4) is 0 Å². The van der Waals surface area contributed by atoms with Gasteiger partial charge in [0.05, 0.1) is 4.90 Å². The van der Waals surface area contributed by atoms with E-state index >= 15 is 0 Å². The first-order valence-electron chi connectivity index (χ1n) is 8.51. The molecule has 0 amide bonds. The van der Waals surface area contributed by atoms with Crippen LogP contribution in [-0.2, 0) is 10.0 Å². The molecule has 0 radical (unpaired) electrons. The highest BCUT2D eigenvalue weighted by molar-refractivity contribution is 7.99. The number of hydrogen-bond acceptors (Lipinski definition) is 8. The molecule has 0 bridgehead atoms. The third-order valence-corrected chi connectivity index (χ3v) is 6.18. The zero-order chi connectivity index (χ0) is 19.4. The number of hydrogen-bond donors (Lipinski definition) is 1. The van der Waals surface area contributed by atoms with Crippen LogP contribution in [0.25, 0.3) is 0 Å². The molecule has 28 heavy (non-hydrogen) atoms. The van der Waals surface area contributed by atoms with Crippen LogP contribution in [0.15, 0.2) is 69.1 Å². The van der Waals surface area contributed by atoms with Crippen molar-refractivity contribution in [1.29, 1.82) is 0 Å². The predicted octanol–water partition coefficient (Wildman–Crippen LogP) is 2.65. The second-order valence-corrected chi connectivity index (χ2v) is 8.64. The molecule has 1 atom stereocenters. The van der Waals surface area contributed by atoms with Gasteiger partial charge in [-0.05, 0) is 24.3 Å². The minimum Gasteiger partial charge on any atom is -0.485 e. The summed E-state index contributed by atoms with van der Waals surface area (Å²) in [6.07, 6.45) is -0.478. The van der Waals surface area contributed by atoms with Gasteiger partial charge in [-0.15, -0.1) is 10.2 Å². The van der Waals surface area contributed by atoms with Crippen molar-refractivity contribution in [2.75, 3.05) is 18.9 Å². The van der Waals surface area contributed by atoms with Crippen LogP contribution in [0.1, 0.15) is 12.0 Å². The number of fused-ring (bicyclic) bond motifs is 1. The Morgan fingerprint density at radius 1 is 1.04 bits per heavy atom. The van der Waals surface area contributed by atoms with E-state index in [0.29, 0.717) is 28.4 Å². The van der Waals surface area contributed by atoms with Gasteiger partial charge < -0.3 is 13.9 Å². The summed E-state index contributed by atoms with van der Waals surface area (Å²) in [6.45, 7) is 0.510. The number of rotatable bonds is 7. The minimum absolute atomic E-state index is 0.231. The van der Waals surface area contributed by atoms with E-state index in [-0.39, 0.29) is 18.0 Å². The second kappa shape index (κ2) is 8.21. The third-order valence-electron chi connectivity index (χ3n) is 3.88. The number of aromatic nitrogens is 2. The molecule has 8 nitrogen and oxygen atoms in total. The van der Waals surface area contributed by atoms with Gasteiger partial charge in [-0.3, -0.25) is 0 Å². The number of thioether (sulfide) groups is 1. The average molecular weight is 419 g/mol. The van der Waals surface area contributed by atoms with E-state index in [0.717, 1.165) is 0 Å². The fourth-order valence-electron chi connectivity index (χ4n) is 2.55. The van der Waals surface area contributed by atoms with Crippen LogP contribution in [0, 0.1) is 0 Å². The first kappa shape index (κ1) is 18.8. The van der Waals surface area contributed by atoms with Gasteiger partial charge in [0.2, 0.25) is 16.1 Å². The molecule has 0 saturated heterocycles. The van der Waals surface area contributed by atoms with Gasteiger partial charge in [-0.1, -0.05) is 42.1 Å². The predicted molar refractivity (Wildman–Crippen MR) is 102 cm³/mol. The lowest BCUT2D eigenvalue weighted by Gasteiger charge is -2.23. The monoisotopic (exact) mass is 419 g/mol. The summed E-state index contributed by atoms with van der Waals surface area (Å²) in [5.41, 5.74) is 0. The Kier molecular flexibility index (Phi) is 5.51. The van der Waals surface area contributed by atoms with E-state index in [1.54, 1.807) is 30.3 Å². The van der Waals surface area contributed by atoms with Gasteiger partial charge >= 0.3 is 0 Å². The summed E-state index contributed by atoms with van der Waals surface area (Å²) in [6, 6.07) is 15.6. The largest absolute Gasteiger partial charge is 0.485 e. The molecular formula is C18H17N3O5S2. The molecule has 0 aliphatic carbocycles. The molecule has 2 aromatic carbocycles. The van der Waals surface area contributed by atoms with E-state index in [2.05, 4.69) is 14.9 Å². The Balaban J connectivity index is 1.29. The highest BCUT2D eigenvalue weighted by Crippen LogP contribution is 2.35. The lowest BCUT2D eigenvalue weighted by atomic mass is 10.2. The quantitative estimate of drug-likeness (QED) is 0.460. The van der Waals surface area contributed by atoms with Crippen LogP contribution in [-0.4, -0.2) is 37.5 Å². The molecule has 146 valence electrons. The molecule has 1 aromatic heterocycles. The maximum atomic E-state index is 12.2. The molecule has 0 spiro atoms. The van der Waals surface area contributed by atoms with Crippen molar-refractivity contribution in [3.63, 3.8) is 0 Å². The van der Waals surface area contributed by atoms with Crippen molar-refractivity contribution >= 4 is 21.8 Å². The zero-order valence-electron chi connectivity index (χ0n) is 14.6. The van der Waals surface area contributed by atoms with Gasteiger partial charge in [0.25, 0.3) is 11.1 Å². The summed E-state index contributed by atoms with van der Waals surface area (Å²) in [4.78, 5) is 0.231. The zero-order valence-corrected chi connectivity index (χ0v) is 16.3. The van der Waals surface area contributed by atoms with E-state index < -0.39 is 16.1 Å². The standard InChI is InChI=1S/C18H17N3O5S2/c22-28(23,13-6-2-1-3-7-13)19-10-11-27-18-21-20-17(26-18)16-12-24-14-8-4-5-9-15(14)25-16/h1-9,16,19H,10-12H2/t16-/m1/s1. The highest BCUT2D eigenvalue weighted by atomic mass is 32.2. The number of nitrogens with zero attached hydrogens (tertiary/aromatic N) is 2. The van der Waals surface area contributed by atoms with E-state index in [1.165, 1.54) is 11.8 Å². The molecule has 0 unspecified atom stereocenters. The molecule has 0 fully saturated rings. The van der Waals surface area contributed by atoms with Crippen molar-refractivity contribution in [3.05, 3.63) is 60.5 Å². The minimum atomic E-state index is -3.52. The summed E-state index contributed by atoms with van der Waals surface area (Å²) in [7, 11) is -3.52. The fraction of sp³-hybridized carbons (Fsp3) is 0.222. The summed E-state index contributed by atoms with van der Waals surface area (Å²) in [5, 5.41) is 8.32. The number of ether oxygens (including phenoxy) is 2. The smallest absolute Gasteiger partial charge is 0.276 e. The first-order valence-corrected chi connectivity index (χ1v) is 11.0. The second-order valence-electron chi connectivity index (χ2n) is 5.83. The van der Waals surface area contributed by atoms with Crippen LogP contribution < -0.4 is 14.2 Å². The van der Waals surface area contributed by atoms with Gasteiger partial charge in [0.15, 0.2) is 11.5 Å². The molecule has 4 rings (SSSR count). The summed E-state index contributed by atoms with van der Waals surface area (Å²) < 4.78 is 43.9. The van der Waals surface area contributed by atoms with E-state index in [9.17, 15) is 8.42 Å². The summed E-state index contributed by atoms with van der Waals surface area (Å²) >= 11 is 1.26. The fourth-order valence-corrected chi connectivity index (χ4v) is 4.35. The van der Waals surface area contributed by atoms with Crippen molar-refractivity contribution < 1.29 is 22.3 Å². The first-order chi connectivity index (χ1) is 13.6. The average Bonchev–Trinajstić information content (AvgIpc) is 3.20. The van der Waals surface area contributed by atoms with Crippen molar-refractivity contribution in [2.45, 2.75) is 16.2 Å². The van der Waals surface area contributed by atoms with Crippen LogP contribution in [0.4, 0.5) is 0 Å². The van der Waals surface area contributed by atoms with Crippen molar-refractivity contribution in [1.82, 2.24) is 14.9 Å². The highest BCUT2D eigenvalue weighted by Gasteiger charge is 2.27. The topological polar surface area (TPSA) is 104 Å². The lowest BCUT2D eigenvalue weighted by Crippen LogP contribution is -2.25. The summed E-state index contributed by atoms with van der Waals surface area (Å²) in [5.74, 6) is 2.07. The van der Waals surface area contributed by atoms with E-state index in [4.69, 9.17) is 13.9 Å². The molecule has 1 aliphatic rings. The van der Waals surface area contributed by atoms with Gasteiger partial charge in [0, 0.05) is 12.3 Å². The van der Waals surface area contributed by atoms with E-state index in [1.807, 2.05) is 24.3 Å². The van der Waals surface area contributed by atoms with Crippen molar-refractivity contribution in [2.24, 2.45) is 0 Å². The maximum absolute atomic E-state index is 12.2. The Morgan fingerprint density at radius 3 is 2.61 bits per heavy atom. The Hall–Kier alpha value is -2.56. The molecule has 3 aromatic rings. The maximum Gasteiger partial charge on any atom is 0.276 e. The van der Waals surface area contributed by atoms with Crippen LogP contribution in [0.5, 0.6) is 11.5 Å². The number of benzene rings is 2. The molecule has 1 N–H and O–H groups in total. The third kappa shape index (κ3) is 4.29. The van der Waals surface area contributed by atoms with Gasteiger partial charge in [-0.25, -0.2) is 13.1 Å². The molecule has 10 heteroatoms. The Morgan fingerprint density at radius 2 is 1.79 bits per heavy atom. The van der Waals surface area contributed by atoms with Crippen LogP contribution in [0.2, 0.25) is 0 Å². The van der Waals surface area contributed by atoms with Crippen molar-refractivity contribution in [3.8, 4) is 11.5 Å². The van der Waals surface area contributed by atoms with Crippen LogP contribution >= 0.6 is 11.8 Å². The Labute approximate surface area is 166 Å². The molecule has 0 saturated carbocycles. The normalized spacial score (nSPS) is 16.1. The molecule has 1 aliphatic heterocycles. The number of para-hydroxylation sites is 2. The van der Waals surface area contributed by atoms with Gasteiger partial charge in [0.1, 0.15) is 6.61 Å².